The third-order valence-corrected chi connectivity index (χ3v) is 4.86. The molecule has 3 nitrogen and oxygen atoms in total. The average Bonchev–Trinajstić information content (AvgIpc) is 2.61. The maximum atomic E-state index is 5.88. The molecule has 0 radical (unpaired) electrons. The zero-order valence-electron chi connectivity index (χ0n) is 12.8. The highest BCUT2D eigenvalue weighted by molar-refractivity contribution is 7.99. The Labute approximate surface area is 155 Å². The number of nitrogens with one attached hydrogen (secondary N) is 2. The van der Waals surface area contributed by atoms with E-state index in [2.05, 4.69) is 15.6 Å². The van der Waals surface area contributed by atoms with Gasteiger partial charge in [-0.25, -0.2) is 0 Å². The molecule has 0 fully saturated rings. The van der Waals surface area contributed by atoms with Gasteiger partial charge in [0.1, 0.15) is 0 Å². The fourth-order valence-electron chi connectivity index (χ4n) is 2.24. The lowest BCUT2D eigenvalue weighted by Crippen LogP contribution is -2.30. The lowest BCUT2D eigenvalue weighted by Gasteiger charge is -2.12. The van der Waals surface area contributed by atoms with Gasteiger partial charge in [-0.2, -0.15) is 0 Å². The minimum Gasteiger partial charge on any atom is -0.362 e. The molecule has 3 aromatic rings. The van der Waals surface area contributed by atoms with E-state index in [1.165, 1.54) is 4.90 Å². The topological polar surface area (TPSA) is 37.0 Å². The number of hydrogen-bond donors (Lipinski definition) is 2. The molecular weight excluding hydrogens is 358 g/mol. The van der Waals surface area contributed by atoms with Crippen LogP contribution >= 0.6 is 35.6 Å². The number of hydrogen-bond acceptors (Lipinski definition) is 3. The van der Waals surface area contributed by atoms with E-state index < -0.39 is 0 Å². The number of thioether (sulfide) groups is 1. The first-order valence-corrected chi connectivity index (χ1v) is 9.26. The van der Waals surface area contributed by atoms with E-state index in [4.69, 9.17) is 23.8 Å². The van der Waals surface area contributed by atoms with Crippen LogP contribution in [0.25, 0.3) is 10.9 Å². The third kappa shape index (κ3) is 4.60. The Morgan fingerprint density at radius 1 is 1.08 bits per heavy atom. The van der Waals surface area contributed by atoms with Crippen molar-refractivity contribution in [3.05, 3.63) is 65.8 Å². The summed E-state index contributed by atoms with van der Waals surface area (Å²) in [5, 5.41) is 8.89. The Morgan fingerprint density at radius 3 is 2.71 bits per heavy atom. The van der Waals surface area contributed by atoms with Crippen molar-refractivity contribution in [3.63, 3.8) is 0 Å². The summed E-state index contributed by atoms with van der Waals surface area (Å²) in [6.45, 7) is 0.775. The molecule has 2 N–H and O–H groups in total. The first-order valence-electron chi connectivity index (χ1n) is 7.49. The summed E-state index contributed by atoms with van der Waals surface area (Å²) in [7, 11) is 0. The van der Waals surface area contributed by atoms with Crippen molar-refractivity contribution in [3.8, 4) is 0 Å². The first kappa shape index (κ1) is 17.0. The molecule has 0 saturated heterocycles. The summed E-state index contributed by atoms with van der Waals surface area (Å²) in [6, 6.07) is 17.8. The molecule has 0 aliphatic carbocycles. The van der Waals surface area contributed by atoms with Crippen LogP contribution < -0.4 is 10.6 Å². The van der Waals surface area contributed by atoms with E-state index in [1.807, 2.05) is 54.6 Å². The summed E-state index contributed by atoms with van der Waals surface area (Å²) < 4.78 is 0. The largest absolute Gasteiger partial charge is 0.362 e. The van der Waals surface area contributed by atoms with Gasteiger partial charge in [0.15, 0.2) is 5.11 Å². The van der Waals surface area contributed by atoms with Crippen molar-refractivity contribution in [1.82, 2.24) is 10.3 Å². The summed E-state index contributed by atoms with van der Waals surface area (Å²) in [4.78, 5) is 5.61. The Bertz CT molecular complexity index is 832. The summed E-state index contributed by atoms with van der Waals surface area (Å²) in [6.07, 6.45) is 1.78. The molecule has 0 aliphatic rings. The van der Waals surface area contributed by atoms with E-state index in [1.54, 1.807) is 18.0 Å². The van der Waals surface area contributed by atoms with Gasteiger partial charge in [-0.1, -0.05) is 29.8 Å². The highest BCUT2D eigenvalue weighted by atomic mass is 35.5. The molecule has 0 spiro atoms. The number of benzene rings is 2. The number of anilines is 1. The van der Waals surface area contributed by atoms with Crippen LogP contribution in [0.4, 0.5) is 5.69 Å². The quantitative estimate of drug-likeness (QED) is 0.375. The molecule has 0 atom stereocenters. The van der Waals surface area contributed by atoms with Gasteiger partial charge in [0.05, 0.1) is 11.2 Å². The van der Waals surface area contributed by atoms with Crippen LogP contribution in [0.5, 0.6) is 0 Å². The molecule has 6 heteroatoms. The molecule has 3 rings (SSSR count). The van der Waals surface area contributed by atoms with E-state index in [0.29, 0.717) is 5.11 Å². The fourth-order valence-corrected chi connectivity index (χ4v) is 3.34. The molecule has 0 unspecified atom stereocenters. The normalized spacial score (nSPS) is 10.5. The maximum absolute atomic E-state index is 5.88. The number of aromatic nitrogens is 1. The fraction of sp³-hybridized carbons (Fsp3) is 0.111. The molecular formula is C18H16ClN3S2. The van der Waals surface area contributed by atoms with E-state index in [9.17, 15) is 0 Å². The van der Waals surface area contributed by atoms with Crippen molar-refractivity contribution in [2.24, 2.45) is 0 Å². The van der Waals surface area contributed by atoms with Gasteiger partial charge in [-0.15, -0.1) is 11.8 Å². The lowest BCUT2D eigenvalue weighted by atomic mass is 10.2. The number of rotatable bonds is 5. The van der Waals surface area contributed by atoms with Crippen molar-refractivity contribution in [2.45, 2.75) is 4.90 Å². The molecule has 0 aliphatic heterocycles. The van der Waals surface area contributed by atoms with Crippen molar-refractivity contribution in [2.75, 3.05) is 17.6 Å². The van der Waals surface area contributed by atoms with Crippen molar-refractivity contribution in [1.29, 1.82) is 0 Å². The van der Waals surface area contributed by atoms with Gasteiger partial charge < -0.3 is 10.6 Å². The lowest BCUT2D eigenvalue weighted by molar-refractivity contribution is 0.990. The van der Waals surface area contributed by atoms with Crippen molar-refractivity contribution < 1.29 is 0 Å². The maximum Gasteiger partial charge on any atom is 0.170 e. The molecule has 1 heterocycles. The van der Waals surface area contributed by atoms with Crippen LogP contribution in [-0.4, -0.2) is 22.4 Å². The summed E-state index contributed by atoms with van der Waals surface area (Å²) in [5.74, 6) is 0.914. The predicted octanol–water partition coefficient (Wildman–Crippen LogP) is 4.97. The molecule has 2 aromatic carbocycles. The van der Waals surface area contributed by atoms with Crippen LogP contribution in [0, 0.1) is 0 Å². The molecule has 1 aromatic heterocycles. The van der Waals surface area contributed by atoms with Gasteiger partial charge in [0.25, 0.3) is 0 Å². The number of pyridine rings is 1. The predicted molar refractivity (Wildman–Crippen MR) is 108 cm³/mol. The van der Waals surface area contributed by atoms with Crippen LogP contribution in [0.1, 0.15) is 0 Å². The Kier molecular flexibility index (Phi) is 5.91. The number of thiocarbonyl (C=S) groups is 1. The van der Waals surface area contributed by atoms with Crippen molar-refractivity contribution >= 4 is 57.3 Å². The Morgan fingerprint density at radius 2 is 1.88 bits per heavy atom. The van der Waals surface area contributed by atoms with Gasteiger partial charge in [-0.05, 0) is 48.6 Å². The Balaban J connectivity index is 1.49. The second-order valence-electron chi connectivity index (χ2n) is 5.06. The zero-order valence-corrected chi connectivity index (χ0v) is 15.2. The smallest absolute Gasteiger partial charge is 0.170 e. The molecule has 0 bridgehead atoms. The molecule has 122 valence electrons. The minimum atomic E-state index is 0.602. The van der Waals surface area contributed by atoms with Gasteiger partial charge >= 0.3 is 0 Å². The third-order valence-electron chi connectivity index (χ3n) is 3.35. The summed E-state index contributed by atoms with van der Waals surface area (Å²) in [5.41, 5.74) is 1.83. The minimum absolute atomic E-state index is 0.602. The van der Waals surface area contributed by atoms with Crippen LogP contribution in [0.15, 0.2) is 65.7 Å². The number of halogens is 1. The van der Waals surface area contributed by atoms with Gasteiger partial charge in [0.2, 0.25) is 0 Å². The highest BCUT2D eigenvalue weighted by Crippen LogP contribution is 2.21. The summed E-state index contributed by atoms with van der Waals surface area (Å²) >= 11 is 13.0. The van der Waals surface area contributed by atoms with Gasteiger partial charge in [-0.3, -0.25) is 4.98 Å². The molecule has 0 amide bonds. The van der Waals surface area contributed by atoms with Crippen LogP contribution in [0.2, 0.25) is 5.02 Å². The zero-order chi connectivity index (χ0) is 16.8. The Hall–Kier alpha value is -1.82. The molecule has 0 saturated carbocycles. The van der Waals surface area contributed by atoms with E-state index >= 15 is 0 Å². The SMILES string of the molecule is S=C(NCCSc1ccc(Cl)cc1)Nc1cccc2cccnc12. The second-order valence-corrected chi connectivity index (χ2v) is 7.08. The first-order chi connectivity index (χ1) is 11.7. The highest BCUT2D eigenvalue weighted by Gasteiger charge is 2.03. The van der Waals surface area contributed by atoms with Crippen LogP contribution in [-0.2, 0) is 0 Å². The number of nitrogens with zero attached hydrogens (tertiary/aromatic N) is 1. The monoisotopic (exact) mass is 373 g/mol. The van der Waals surface area contributed by atoms with Gasteiger partial charge in [0, 0.05) is 33.8 Å². The van der Waals surface area contributed by atoms with E-state index in [0.717, 1.165) is 33.9 Å². The number of para-hydroxylation sites is 1. The standard InChI is InChI=1S/C18H16ClN3S2/c19-14-6-8-15(9-7-14)24-12-11-21-18(23)22-16-5-1-3-13-4-2-10-20-17(13)16/h1-10H,11-12H2,(H2,21,22,23). The second kappa shape index (κ2) is 8.33. The van der Waals surface area contributed by atoms with E-state index in [-0.39, 0.29) is 0 Å². The average molecular weight is 374 g/mol. The molecule has 24 heavy (non-hydrogen) atoms. The van der Waals surface area contributed by atoms with Crippen LogP contribution in [0.3, 0.4) is 0 Å². The number of fused-ring (bicyclic) bond motifs is 1.